The highest BCUT2D eigenvalue weighted by atomic mass is 16.3. The molecule has 0 heterocycles. The second-order valence-electron chi connectivity index (χ2n) is 3.69. The van der Waals surface area contributed by atoms with E-state index in [1.54, 1.807) is 12.1 Å². The van der Waals surface area contributed by atoms with E-state index in [4.69, 9.17) is 5.11 Å². The van der Waals surface area contributed by atoms with Crippen LogP contribution in [0.2, 0.25) is 0 Å². The summed E-state index contributed by atoms with van der Waals surface area (Å²) in [4.78, 5) is 22.7. The standard InChI is InChI=1S/C12H15NO3/c1-8-3-5-10(6-4-8)12(16)13-11(7-14)9(2)15/h3-6,11,14H,7H2,1-2H3,(H,13,16). The second kappa shape index (κ2) is 5.42. The molecule has 0 saturated heterocycles. The summed E-state index contributed by atoms with van der Waals surface area (Å²) in [6.07, 6.45) is 0. The zero-order valence-electron chi connectivity index (χ0n) is 9.36. The van der Waals surface area contributed by atoms with Crippen LogP contribution in [0.4, 0.5) is 0 Å². The molecule has 1 aromatic carbocycles. The minimum Gasteiger partial charge on any atom is -0.394 e. The Labute approximate surface area is 94.3 Å². The summed E-state index contributed by atoms with van der Waals surface area (Å²) in [6.45, 7) is 2.87. The number of benzene rings is 1. The van der Waals surface area contributed by atoms with Gasteiger partial charge >= 0.3 is 0 Å². The SMILES string of the molecule is CC(=O)C(CO)NC(=O)c1ccc(C)cc1. The summed E-state index contributed by atoms with van der Waals surface area (Å²) in [5.41, 5.74) is 1.53. The Balaban J connectivity index is 2.71. The first-order chi connectivity index (χ1) is 7.54. The Morgan fingerprint density at radius 1 is 1.31 bits per heavy atom. The van der Waals surface area contributed by atoms with Gasteiger partial charge in [0.05, 0.1) is 6.61 Å². The fourth-order valence-corrected chi connectivity index (χ4v) is 1.22. The molecule has 0 aliphatic rings. The van der Waals surface area contributed by atoms with Crippen LogP contribution in [0.5, 0.6) is 0 Å². The van der Waals surface area contributed by atoms with Crippen molar-refractivity contribution in [3.05, 3.63) is 35.4 Å². The molecule has 1 amide bonds. The zero-order chi connectivity index (χ0) is 12.1. The number of rotatable bonds is 4. The molecule has 2 N–H and O–H groups in total. The molecule has 0 aliphatic heterocycles. The van der Waals surface area contributed by atoms with Gasteiger partial charge in [0.1, 0.15) is 6.04 Å². The second-order valence-corrected chi connectivity index (χ2v) is 3.69. The van der Waals surface area contributed by atoms with E-state index in [1.807, 2.05) is 19.1 Å². The predicted octanol–water partition coefficient (Wildman–Crippen LogP) is 0.675. The smallest absolute Gasteiger partial charge is 0.251 e. The van der Waals surface area contributed by atoms with Gasteiger partial charge in [-0.1, -0.05) is 17.7 Å². The van der Waals surface area contributed by atoms with Crippen molar-refractivity contribution in [3.63, 3.8) is 0 Å². The van der Waals surface area contributed by atoms with Gasteiger partial charge in [-0.15, -0.1) is 0 Å². The van der Waals surface area contributed by atoms with E-state index in [-0.39, 0.29) is 18.3 Å². The van der Waals surface area contributed by atoms with Crippen LogP contribution in [0.15, 0.2) is 24.3 Å². The Kier molecular flexibility index (Phi) is 4.19. The van der Waals surface area contributed by atoms with Gasteiger partial charge in [0.2, 0.25) is 0 Å². The maximum absolute atomic E-state index is 11.7. The summed E-state index contributed by atoms with van der Waals surface area (Å²) in [5.74, 6) is -0.614. The maximum Gasteiger partial charge on any atom is 0.251 e. The normalized spacial score (nSPS) is 11.9. The summed E-state index contributed by atoms with van der Waals surface area (Å²) in [5, 5.41) is 11.4. The molecule has 0 saturated carbocycles. The average molecular weight is 221 g/mol. The van der Waals surface area contributed by atoms with Crippen LogP contribution in [-0.2, 0) is 4.79 Å². The number of carbonyl (C=O) groups is 2. The monoisotopic (exact) mass is 221 g/mol. The summed E-state index contributed by atoms with van der Waals surface area (Å²) >= 11 is 0. The number of hydrogen-bond acceptors (Lipinski definition) is 3. The number of aryl methyl sites for hydroxylation is 1. The Hall–Kier alpha value is -1.68. The van der Waals surface area contributed by atoms with Crippen molar-refractivity contribution in [2.24, 2.45) is 0 Å². The van der Waals surface area contributed by atoms with Crippen molar-refractivity contribution >= 4 is 11.7 Å². The number of hydrogen-bond donors (Lipinski definition) is 2. The van der Waals surface area contributed by atoms with Gasteiger partial charge in [-0.3, -0.25) is 9.59 Å². The van der Waals surface area contributed by atoms with E-state index in [2.05, 4.69) is 5.32 Å². The number of carbonyl (C=O) groups excluding carboxylic acids is 2. The summed E-state index contributed by atoms with van der Waals surface area (Å²) < 4.78 is 0. The van der Waals surface area contributed by atoms with Gasteiger partial charge in [0.25, 0.3) is 5.91 Å². The van der Waals surface area contributed by atoms with Crippen LogP contribution >= 0.6 is 0 Å². The molecule has 0 aromatic heterocycles. The summed E-state index contributed by atoms with van der Waals surface area (Å²) in [6, 6.07) is 6.17. The van der Waals surface area contributed by atoms with E-state index in [9.17, 15) is 9.59 Å². The van der Waals surface area contributed by atoms with Gasteiger partial charge < -0.3 is 10.4 Å². The molecule has 16 heavy (non-hydrogen) atoms. The van der Waals surface area contributed by atoms with Crippen molar-refractivity contribution in [3.8, 4) is 0 Å². The first kappa shape index (κ1) is 12.4. The molecule has 0 bridgehead atoms. The van der Waals surface area contributed by atoms with Crippen LogP contribution < -0.4 is 5.32 Å². The third-order valence-electron chi connectivity index (χ3n) is 2.29. The van der Waals surface area contributed by atoms with Crippen molar-refractivity contribution in [1.29, 1.82) is 0 Å². The van der Waals surface area contributed by atoms with Gasteiger partial charge in [-0.2, -0.15) is 0 Å². The van der Waals surface area contributed by atoms with Crippen molar-refractivity contribution in [1.82, 2.24) is 5.32 Å². The first-order valence-electron chi connectivity index (χ1n) is 5.03. The molecular formula is C12H15NO3. The molecule has 4 heteroatoms. The number of nitrogens with one attached hydrogen (secondary N) is 1. The van der Waals surface area contributed by atoms with Crippen LogP contribution in [-0.4, -0.2) is 29.4 Å². The molecule has 86 valence electrons. The van der Waals surface area contributed by atoms with E-state index in [0.717, 1.165) is 5.56 Å². The molecule has 0 radical (unpaired) electrons. The molecular weight excluding hydrogens is 206 g/mol. The van der Waals surface area contributed by atoms with Crippen LogP contribution in [0.3, 0.4) is 0 Å². The molecule has 0 spiro atoms. The molecule has 1 aromatic rings. The topological polar surface area (TPSA) is 66.4 Å². The van der Waals surface area contributed by atoms with E-state index >= 15 is 0 Å². The lowest BCUT2D eigenvalue weighted by molar-refractivity contribution is -0.119. The van der Waals surface area contributed by atoms with Gasteiger partial charge in [-0.25, -0.2) is 0 Å². The zero-order valence-corrected chi connectivity index (χ0v) is 9.36. The molecule has 0 fully saturated rings. The van der Waals surface area contributed by atoms with Gasteiger partial charge in [0.15, 0.2) is 5.78 Å². The molecule has 1 unspecified atom stereocenters. The number of ketones is 1. The van der Waals surface area contributed by atoms with E-state index < -0.39 is 6.04 Å². The van der Waals surface area contributed by atoms with Crippen LogP contribution in [0, 0.1) is 6.92 Å². The molecule has 0 aliphatic carbocycles. The minimum absolute atomic E-state index is 0.261. The fraction of sp³-hybridized carbons (Fsp3) is 0.333. The van der Waals surface area contributed by atoms with E-state index in [1.165, 1.54) is 6.92 Å². The number of aliphatic hydroxyl groups is 1. The average Bonchev–Trinajstić information content (AvgIpc) is 2.26. The number of amides is 1. The predicted molar refractivity (Wildman–Crippen MR) is 60.2 cm³/mol. The lowest BCUT2D eigenvalue weighted by Crippen LogP contribution is -2.42. The minimum atomic E-state index is -0.825. The Bertz CT molecular complexity index is 384. The maximum atomic E-state index is 11.7. The summed E-state index contributed by atoms with van der Waals surface area (Å²) in [7, 11) is 0. The third kappa shape index (κ3) is 3.17. The van der Waals surface area contributed by atoms with Crippen molar-refractivity contribution < 1.29 is 14.7 Å². The first-order valence-corrected chi connectivity index (χ1v) is 5.03. The van der Waals surface area contributed by atoms with Crippen LogP contribution in [0.25, 0.3) is 0 Å². The molecule has 1 rings (SSSR count). The molecule has 4 nitrogen and oxygen atoms in total. The fourth-order valence-electron chi connectivity index (χ4n) is 1.22. The Morgan fingerprint density at radius 3 is 2.31 bits per heavy atom. The lowest BCUT2D eigenvalue weighted by Gasteiger charge is -2.12. The van der Waals surface area contributed by atoms with E-state index in [0.29, 0.717) is 5.56 Å². The van der Waals surface area contributed by atoms with Crippen LogP contribution in [0.1, 0.15) is 22.8 Å². The van der Waals surface area contributed by atoms with Crippen molar-refractivity contribution in [2.45, 2.75) is 19.9 Å². The number of Topliss-reactive ketones (excluding diaryl/α,β-unsaturated/α-hetero) is 1. The van der Waals surface area contributed by atoms with Gasteiger partial charge in [-0.05, 0) is 26.0 Å². The third-order valence-corrected chi connectivity index (χ3v) is 2.29. The van der Waals surface area contributed by atoms with Crippen molar-refractivity contribution in [2.75, 3.05) is 6.61 Å². The highest BCUT2D eigenvalue weighted by Crippen LogP contribution is 2.03. The lowest BCUT2D eigenvalue weighted by atomic mass is 10.1. The Morgan fingerprint density at radius 2 is 1.88 bits per heavy atom. The van der Waals surface area contributed by atoms with Gasteiger partial charge in [0, 0.05) is 5.56 Å². The molecule has 1 atom stereocenters. The highest BCUT2D eigenvalue weighted by molar-refractivity contribution is 5.97. The number of aliphatic hydroxyl groups excluding tert-OH is 1. The highest BCUT2D eigenvalue weighted by Gasteiger charge is 2.16. The largest absolute Gasteiger partial charge is 0.394 e. The quantitative estimate of drug-likeness (QED) is 0.785.